The van der Waals surface area contributed by atoms with Crippen LogP contribution in [0, 0.1) is 0 Å². The molecular weight excluding hydrogens is 427 g/mol. The molecule has 2 rings (SSSR count). The van der Waals surface area contributed by atoms with E-state index in [9.17, 15) is 30.4 Å². The second-order valence-electron chi connectivity index (χ2n) is 6.11. The Morgan fingerprint density at radius 2 is 1.39 bits per heavy atom. The van der Waals surface area contributed by atoms with E-state index < -0.39 is 37.6 Å². The number of anilines is 1. The normalized spacial score (nSPS) is 15.1. The van der Waals surface area contributed by atoms with Crippen molar-refractivity contribution in [2.45, 2.75) is 22.0 Å². The molecule has 0 bridgehead atoms. The number of benzene rings is 2. The van der Waals surface area contributed by atoms with Crippen LogP contribution in [-0.4, -0.2) is 34.1 Å². The van der Waals surface area contributed by atoms with Crippen molar-refractivity contribution in [2.75, 3.05) is 19.0 Å². The van der Waals surface area contributed by atoms with Gasteiger partial charge in [-0.15, -0.1) is 0 Å². The van der Waals surface area contributed by atoms with Gasteiger partial charge in [-0.3, -0.25) is 0 Å². The summed E-state index contributed by atoms with van der Waals surface area (Å²) < 4.78 is 96.4. The highest BCUT2D eigenvalue weighted by Crippen LogP contribution is 2.52. The molecule has 0 aromatic heterocycles. The molecule has 1 N–H and O–H groups in total. The van der Waals surface area contributed by atoms with Crippen LogP contribution in [0.1, 0.15) is 5.56 Å². The second-order valence-corrected chi connectivity index (χ2v) is 8.26. The predicted octanol–water partition coefficient (Wildman–Crippen LogP) is 4.32. The van der Waals surface area contributed by atoms with Crippen LogP contribution in [0.5, 0.6) is 0 Å². The molecule has 0 fully saturated rings. The van der Waals surface area contributed by atoms with Gasteiger partial charge in [-0.05, 0) is 41.4 Å². The van der Waals surface area contributed by atoms with Gasteiger partial charge in [0.05, 0.1) is 4.90 Å². The molecule has 0 saturated heterocycles. The average Bonchev–Trinajstić information content (AvgIpc) is 2.58. The number of rotatable bonds is 6. The number of alkyl halides is 6. The standard InChI is InChI=1S/C17H16ClF5N2O2S/c1-25(2)13-10-8-12(9-11-13)15(16(18,19)20,17(21,22)23)24-28(26,27)14-6-4-3-5-7-14/h3-11,24H,1-2H3. The molecule has 4 nitrogen and oxygen atoms in total. The van der Waals surface area contributed by atoms with Gasteiger partial charge in [0.2, 0.25) is 15.6 Å². The van der Waals surface area contributed by atoms with Crippen molar-refractivity contribution in [1.29, 1.82) is 0 Å². The van der Waals surface area contributed by atoms with Crippen LogP contribution >= 0.6 is 11.6 Å². The molecule has 0 aliphatic heterocycles. The summed E-state index contributed by atoms with van der Waals surface area (Å²) in [5, 5.41) is -5.03. The Kier molecular flexibility index (Phi) is 5.99. The second kappa shape index (κ2) is 7.49. The first-order valence-corrected chi connectivity index (χ1v) is 9.59. The van der Waals surface area contributed by atoms with Gasteiger partial charge in [0.25, 0.3) is 0 Å². The number of hydrogen-bond acceptors (Lipinski definition) is 3. The fourth-order valence-electron chi connectivity index (χ4n) is 2.53. The molecule has 0 saturated carbocycles. The Bertz CT molecular complexity index is 897. The molecule has 2 aromatic carbocycles. The van der Waals surface area contributed by atoms with Gasteiger partial charge >= 0.3 is 11.6 Å². The van der Waals surface area contributed by atoms with Gasteiger partial charge < -0.3 is 4.90 Å². The first kappa shape index (κ1) is 22.4. The first-order chi connectivity index (χ1) is 12.7. The molecule has 0 spiro atoms. The summed E-state index contributed by atoms with van der Waals surface area (Å²) in [6, 6.07) is 9.68. The maximum absolute atomic E-state index is 14.2. The van der Waals surface area contributed by atoms with E-state index in [1.807, 2.05) is 0 Å². The third kappa shape index (κ3) is 4.08. The average molecular weight is 443 g/mol. The molecule has 154 valence electrons. The summed E-state index contributed by atoms with van der Waals surface area (Å²) in [6.45, 7) is 0. The van der Waals surface area contributed by atoms with Gasteiger partial charge in [-0.25, -0.2) is 8.42 Å². The fraction of sp³-hybridized carbons (Fsp3) is 0.294. The lowest BCUT2D eigenvalue weighted by Gasteiger charge is -2.39. The Morgan fingerprint density at radius 1 is 0.893 bits per heavy atom. The zero-order chi connectivity index (χ0) is 21.4. The van der Waals surface area contributed by atoms with E-state index in [0.29, 0.717) is 5.69 Å². The highest BCUT2D eigenvalue weighted by molar-refractivity contribution is 7.89. The number of nitrogens with one attached hydrogen (secondary N) is 1. The van der Waals surface area contributed by atoms with Gasteiger partial charge in [0, 0.05) is 19.8 Å². The minimum absolute atomic E-state index is 0.420. The smallest absolute Gasteiger partial charge is 0.378 e. The van der Waals surface area contributed by atoms with Crippen LogP contribution in [0.15, 0.2) is 59.5 Å². The molecule has 28 heavy (non-hydrogen) atoms. The van der Waals surface area contributed by atoms with Crippen LogP contribution in [-0.2, 0) is 15.6 Å². The van der Waals surface area contributed by atoms with E-state index in [1.165, 1.54) is 23.1 Å². The van der Waals surface area contributed by atoms with Crippen molar-refractivity contribution >= 4 is 27.3 Å². The van der Waals surface area contributed by atoms with E-state index in [2.05, 4.69) is 0 Å². The maximum atomic E-state index is 14.2. The molecule has 0 aliphatic carbocycles. The van der Waals surface area contributed by atoms with Crippen LogP contribution in [0.25, 0.3) is 0 Å². The minimum Gasteiger partial charge on any atom is -0.378 e. The van der Waals surface area contributed by atoms with E-state index in [0.717, 1.165) is 41.1 Å². The van der Waals surface area contributed by atoms with E-state index >= 15 is 0 Å². The highest BCUT2D eigenvalue weighted by Gasteiger charge is 2.71. The van der Waals surface area contributed by atoms with Crippen LogP contribution in [0.2, 0.25) is 0 Å². The molecule has 1 atom stereocenters. The molecule has 1 unspecified atom stereocenters. The summed E-state index contributed by atoms with van der Waals surface area (Å²) in [6.07, 6.45) is -5.76. The SMILES string of the molecule is CN(C)c1ccc(C(NS(=O)(=O)c2ccccc2)(C(F)(F)F)C(F)(F)Cl)cc1. The zero-order valence-electron chi connectivity index (χ0n) is 14.6. The molecule has 0 heterocycles. The molecule has 0 aliphatic rings. The minimum atomic E-state index is -5.76. The van der Waals surface area contributed by atoms with Gasteiger partial charge in [-0.2, -0.15) is 26.7 Å². The Hall–Kier alpha value is -1.91. The highest BCUT2D eigenvalue weighted by atomic mass is 35.5. The number of sulfonamides is 1. The third-order valence-corrected chi connectivity index (χ3v) is 5.76. The van der Waals surface area contributed by atoms with Crippen LogP contribution < -0.4 is 9.62 Å². The third-order valence-electron chi connectivity index (χ3n) is 4.01. The quantitative estimate of drug-likeness (QED) is 0.535. The van der Waals surface area contributed by atoms with E-state index in [-0.39, 0.29) is 0 Å². The van der Waals surface area contributed by atoms with Crippen molar-refractivity contribution in [1.82, 2.24) is 4.72 Å². The molecule has 0 radical (unpaired) electrons. The molecule has 11 heteroatoms. The number of nitrogens with zero attached hydrogens (tertiary/aromatic N) is 1. The van der Waals surface area contributed by atoms with Crippen molar-refractivity contribution in [2.24, 2.45) is 0 Å². The van der Waals surface area contributed by atoms with Gasteiger partial charge in [0.15, 0.2) is 0 Å². The lowest BCUT2D eigenvalue weighted by molar-refractivity contribution is -0.241. The van der Waals surface area contributed by atoms with Crippen molar-refractivity contribution in [3.05, 3.63) is 60.2 Å². The lowest BCUT2D eigenvalue weighted by Crippen LogP contribution is -2.64. The first-order valence-electron chi connectivity index (χ1n) is 7.73. The van der Waals surface area contributed by atoms with Crippen molar-refractivity contribution in [3.63, 3.8) is 0 Å². The molecular formula is C17H16ClF5N2O2S. The van der Waals surface area contributed by atoms with Crippen LogP contribution in [0.3, 0.4) is 0 Å². The monoisotopic (exact) mass is 442 g/mol. The lowest BCUT2D eigenvalue weighted by atomic mass is 9.90. The summed E-state index contributed by atoms with van der Waals surface area (Å²) in [5.74, 6) is 0. The van der Waals surface area contributed by atoms with E-state index in [4.69, 9.17) is 11.6 Å². The summed E-state index contributed by atoms with van der Waals surface area (Å²) in [4.78, 5) is 0.918. The van der Waals surface area contributed by atoms with Crippen LogP contribution in [0.4, 0.5) is 27.6 Å². The van der Waals surface area contributed by atoms with Crippen molar-refractivity contribution < 1.29 is 30.4 Å². The number of hydrogen-bond donors (Lipinski definition) is 1. The Morgan fingerprint density at radius 3 is 1.79 bits per heavy atom. The Balaban J connectivity index is 2.72. The largest absolute Gasteiger partial charge is 0.419 e. The Labute approximate surface area is 164 Å². The zero-order valence-corrected chi connectivity index (χ0v) is 16.2. The summed E-state index contributed by atoms with van der Waals surface area (Å²) >= 11 is 4.88. The van der Waals surface area contributed by atoms with Gasteiger partial charge in [0.1, 0.15) is 0 Å². The summed E-state index contributed by atoms with van der Waals surface area (Å²) in [7, 11) is -1.81. The predicted molar refractivity (Wildman–Crippen MR) is 96.1 cm³/mol. The topological polar surface area (TPSA) is 49.4 Å². The number of halogens is 6. The maximum Gasteiger partial charge on any atom is 0.419 e. The van der Waals surface area contributed by atoms with Gasteiger partial charge in [-0.1, -0.05) is 30.3 Å². The molecule has 0 amide bonds. The summed E-state index contributed by atoms with van der Waals surface area (Å²) in [5.41, 5.74) is -5.02. The van der Waals surface area contributed by atoms with E-state index in [1.54, 1.807) is 14.1 Å². The fourth-order valence-corrected chi connectivity index (χ4v) is 4.25. The molecule has 2 aromatic rings. The van der Waals surface area contributed by atoms with Crippen molar-refractivity contribution in [3.8, 4) is 0 Å².